The molecule has 0 saturated carbocycles. The van der Waals surface area contributed by atoms with E-state index in [0.717, 1.165) is 16.8 Å². The monoisotopic (exact) mass is 308 g/mol. The van der Waals surface area contributed by atoms with E-state index in [0.29, 0.717) is 17.7 Å². The van der Waals surface area contributed by atoms with Gasteiger partial charge in [0.25, 0.3) is 11.8 Å². The summed E-state index contributed by atoms with van der Waals surface area (Å²) in [4.78, 5) is 24.1. The minimum absolute atomic E-state index is 0.189. The van der Waals surface area contributed by atoms with Gasteiger partial charge in [-0.3, -0.25) is 9.59 Å². The molecule has 0 heterocycles. The average Bonchev–Trinajstić information content (AvgIpc) is 2.56. The number of hydrogen-bond donors (Lipinski definition) is 2. The first-order chi connectivity index (χ1) is 11.0. The Morgan fingerprint density at radius 1 is 1.00 bits per heavy atom. The Kier molecular flexibility index (Phi) is 5.31. The molecule has 118 valence electrons. The van der Waals surface area contributed by atoms with Gasteiger partial charge in [0.05, 0.1) is 0 Å². The molecule has 0 spiro atoms. The first-order valence-corrected chi connectivity index (χ1v) is 7.39. The second kappa shape index (κ2) is 7.40. The molecule has 0 bridgehead atoms. The van der Waals surface area contributed by atoms with Crippen LogP contribution >= 0.6 is 0 Å². The van der Waals surface area contributed by atoms with Gasteiger partial charge in [0.15, 0.2) is 0 Å². The summed E-state index contributed by atoms with van der Waals surface area (Å²) in [6.07, 6.45) is 1.61. The summed E-state index contributed by atoms with van der Waals surface area (Å²) in [5.41, 5.74) is 3.90. The molecule has 4 nitrogen and oxygen atoms in total. The average molecular weight is 308 g/mol. The molecule has 0 aliphatic carbocycles. The number of carbonyl (C=O) groups is 2. The highest BCUT2D eigenvalue weighted by atomic mass is 16.2. The summed E-state index contributed by atoms with van der Waals surface area (Å²) < 4.78 is 0. The molecule has 23 heavy (non-hydrogen) atoms. The van der Waals surface area contributed by atoms with Crippen LogP contribution in [0.15, 0.2) is 55.1 Å². The summed E-state index contributed by atoms with van der Waals surface area (Å²) in [5, 5.41) is 5.59. The Morgan fingerprint density at radius 2 is 1.61 bits per heavy atom. The van der Waals surface area contributed by atoms with E-state index < -0.39 is 0 Å². The Hall–Kier alpha value is -2.88. The zero-order chi connectivity index (χ0) is 16.8. The number of hydrogen-bond acceptors (Lipinski definition) is 2. The first-order valence-electron chi connectivity index (χ1n) is 7.39. The van der Waals surface area contributed by atoms with Crippen molar-refractivity contribution in [2.75, 3.05) is 11.9 Å². The van der Waals surface area contributed by atoms with E-state index in [2.05, 4.69) is 17.2 Å². The molecule has 4 heteroatoms. The van der Waals surface area contributed by atoms with Gasteiger partial charge in [0.1, 0.15) is 0 Å². The fraction of sp³-hybridized carbons (Fsp3) is 0.158. The van der Waals surface area contributed by atoms with Crippen molar-refractivity contribution < 1.29 is 9.59 Å². The molecule has 2 rings (SSSR count). The Morgan fingerprint density at radius 3 is 2.22 bits per heavy atom. The molecule has 0 saturated heterocycles. The number of nitrogens with one attached hydrogen (secondary N) is 2. The summed E-state index contributed by atoms with van der Waals surface area (Å²) in [5.74, 6) is -0.386. The predicted octanol–water partition coefficient (Wildman–Crippen LogP) is 3.47. The molecule has 2 N–H and O–H groups in total. The van der Waals surface area contributed by atoms with Crippen LogP contribution < -0.4 is 10.6 Å². The fourth-order valence-corrected chi connectivity index (χ4v) is 2.10. The van der Waals surface area contributed by atoms with Crippen molar-refractivity contribution in [3.63, 3.8) is 0 Å². The normalized spacial score (nSPS) is 10.0. The van der Waals surface area contributed by atoms with Gasteiger partial charge >= 0.3 is 0 Å². The van der Waals surface area contributed by atoms with Crippen LogP contribution in [-0.2, 0) is 0 Å². The predicted molar refractivity (Wildman–Crippen MR) is 92.8 cm³/mol. The van der Waals surface area contributed by atoms with Crippen molar-refractivity contribution in [3.8, 4) is 0 Å². The molecule has 0 aliphatic rings. The number of aryl methyl sites for hydroxylation is 2. The van der Waals surface area contributed by atoms with Gasteiger partial charge in [-0.25, -0.2) is 0 Å². The number of anilines is 1. The van der Waals surface area contributed by atoms with Crippen LogP contribution in [0.5, 0.6) is 0 Å². The molecule has 0 unspecified atom stereocenters. The van der Waals surface area contributed by atoms with Crippen LogP contribution in [0.25, 0.3) is 0 Å². The molecule has 0 fully saturated rings. The van der Waals surface area contributed by atoms with E-state index in [1.807, 2.05) is 32.0 Å². The number of rotatable bonds is 5. The molecule has 2 aromatic carbocycles. The van der Waals surface area contributed by atoms with Crippen LogP contribution in [0.4, 0.5) is 5.69 Å². The maximum absolute atomic E-state index is 12.3. The van der Waals surface area contributed by atoms with E-state index in [1.54, 1.807) is 30.3 Å². The lowest BCUT2D eigenvalue weighted by molar-refractivity contribution is 0.0956. The quantitative estimate of drug-likeness (QED) is 0.831. The van der Waals surface area contributed by atoms with Crippen LogP contribution in [0.3, 0.4) is 0 Å². The van der Waals surface area contributed by atoms with Gasteiger partial charge < -0.3 is 10.6 Å². The third-order valence-corrected chi connectivity index (χ3v) is 3.46. The lowest BCUT2D eigenvalue weighted by atomic mass is 10.1. The molecule has 0 aliphatic heterocycles. The minimum atomic E-state index is -0.197. The second-order valence-electron chi connectivity index (χ2n) is 5.35. The first kappa shape index (κ1) is 16.5. The van der Waals surface area contributed by atoms with E-state index in [9.17, 15) is 9.59 Å². The Labute approximate surface area is 136 Å². The smallest absolute Gasteiger partial charge is 0.255 e. The SMILES string of the molecule is C=CCNC(=O)c1ccc(C(=O)Nc2cc(C)ccc2C)cc1. The molecule has 2 aromatic rings. The molecule has 0 atom stereocenters. The number of benzene rings is 2. The highest BCUT2D eigenvalue weighted by Crippen LogP contribution is 2.17. The second-order valence-corrected chi connectivity index (χ2v) is 5.35. The van der Waals surface area contributed by atoms with Crippen molar-refractivity contribution >= 4 is 17.5 Å². The van der Waals surface area contributed by atoms with E-state index in [-0.39, 0.29) is 11.8 Å². The van der Waals surface area contributed by atoms with E-state index in [1.165, 1.54) is 0 Å². The molecule has 2 amide bonds. The molecular formula is C19H20N2O2. The summed E-state index contributed by atoms with van der Waals surface area (Å²) in [7, 11) is 0. The summed E-state index contributed by atoms with van der Waals surface area (Å²) in [6.45, 7) is 7.88. The summed E-state index contributed by atoms with van der Waals surface area (Å²) in [6, 6.07) is 12.5. The standard InChI is InChI=1S/C19H20N2O2/c1-4-11-20-18(22)15-7-9-16(10-8-15)19(23)21-17-12-13(2)5-6-14(17)3/h4-10,12H,1,11H2,2-3H3,(H,20,22)(H,21,23). The van der Waals surface area contributed by atoms with Crippen LogP contribution in [0.2, 0.25) is 0 Å². The van der Waals surface area contributed by atoms with Crippen LogP contribution in [0.1, 0.15) is 31.8 Å². The molecule has 0 radical (unpaired) electrons. The van der Waals surface area contributed by atoms with Gasteiger partial charge in [-0.05, 0) is 55.3 Å². The van der Waals surface area contributed by atoms with Crippen molar-refractivity contribution in [1.29, 1.82) is 0 Å². The third-order valence-electron chi connectivity index (χ3n) is 3.46. The van der Waals surface area contributed by atoms with Gasteiger partial charge in [-0.1, -0.05) is 18.2 Å². The van der Waals surface area contributed by atoms with Crippen molar-refractivity contribution in [3.05, 3.63) is 77.4 Å². The lowest BCUT2D eigenvalue weighted by Gasteiger charge is -2.10. The molecule has 0 aromatic heterocycles. The lowest BCUT2D eigenvalue weighted by Crippen LogP contribution is -2.23. The zero-order valence-electron chi connectivity index (χ0n) is 13.3. The number of amides is 2. The fourth-order valence-electron chi connectivity index (χ4n) is 2.10. The van der Waals surface area contributed by atoms with Gasteiger partial charge in [0, 0.05) is 23.4 Å². The van der Waals surface area contributed by atoms with Gasteiger partial charge in [0.2, 0.25) is 0 Å². The maximum atomic E-state index is 12.3. The Balaban J connectivity index is 2.09. The number of carbonyl (C=O) groups excluding carboxylic acids is 2. The largest absolute Gasteiger partial charge is 0.349 e. The molecular weight excluding hydrogens is 288 g/mol. The van der Waals surface area contributed by atoms with Crippen LogP contribution in [-0.4, -0.2) is 18.4 Å². The zero-order valence-corrected chi connectivity index (χ0v) is 13.3. The van der Waals surface area contributed by atoms with Crippen LogP contribution in [0, 0.1) is 13.8 Å². The van der Waals surface area contributed by atoms with Crippen molar-refractivity contribution in [2.45, 2.75) is 13.8 Å². The van der Waals surface area contributed by atoms with Gasteiger partial charge in [-0.2, -0.15) is 0 Å². The van der Waals surface area contributed by atoms with E-state index in [4.69, 9.17) is 0 Å². The van der Waals surface area contributed by atoms with Gasteiger partial charge in [-0.15, -0.1) is 6.58 Å². The highest BCUT2D eigenvalue weighted by molar-refractivity contribution is 6.05. The minimum Gasteiger partial charge on any atom is -0.349 e. The van der Waals surface area contributed by atoms with Crippen molar-refractivity contribution in [2.24, 2.45) is 0 Å². The topological polar surface area (TPSA) is 58.2 Å². The third kappa shape index (κ3) is 4.30. The Bertz CT molecular complexity index is 734. The summed E-state index contributed by atoms with van der Waals surface area (Å²) >= 11 is 0. The van der Waals surface area contributed by atoms with Crippen molar-refractivity contribution in [1.82, 2.24) is 5.32 Å². The highest BCUT2D eigenvalue weighted by Gasteiger charge is 2.10. The maximum Gasteiger partial charge on any atom is 0.255 e. The van der Waals surface area contributed by atoms with E-state index >= 15 is 0 Å².